The molecule has 0 radical (unpaired) electrons. The van der Waals surface area contributed by atoms with Gasteiger partial charge in [-0.05, 0) is 47.4 Å². The van der Waals surface area contributed by atoms with Crippen LogP contribution in [0.4, 0.5) is 0 Å². The Morgan fingerprint density at radius 3 is 2.43 bits per heavy atom. The lowest BCUT2D eigenvalue weighted by Crippen LogP contribution is -2.33. The van der Waals surface area contributed by atoms with Crippen LogP contribution in [0.1, 0.15) is 23.2 Å². The first-order valence-electron chi connectivity index (χ1n) is 8.07. The van der Waals surface area contributed by atoms with Crippen molar-refractivity contribution in [3.8, 4) is 0 Å². The van der Waals surface area contributed by atoms with Crippen LogP contribution in [0.25, 0.3) is 10.8 Å². The van der Waals surface area contributed by atoms with Crippen LogP contribution in [0.3, 0.4) is 0 Å². The first-order chi connectivity index (χ1) is 11.1. The van der Waals surface area contributed by atoms with Crippen molar-refractivity contribution in [1.82, 2.24) is 0 Å². The van der Waals surface area contributed by atoms with Crippen molar-refractivity contribution < 1.29 is 14.7 Å². The molecule has 23 heavy (non-hydrogen) atoms. The molecule has 3 heteroatoms. The number of carbonyl (C=O) groups is 2. The number of allylic oxidation sites excluding steroid dienone is 2. The van der Waals surface area contributed by atoms with E-state index in [1.165, 1.54) is 0 Å². The van der Waals surface area contributed by atoms with Gasteiger partial charge in [0.25, 0.3) is 0 Å². The molecule has 4 unspecified atom stereocenters. The maximum atomic E-state index is 12.9. The molecule has 2 aliphatic carbocycles. The van der Waals surface area contributed by atoms with Crippen molar-refractivity contribution in [2.45, 2.75) is 12.8 Å². The molecule has 2 aromatic rings. The molecule has 0 spiro atoms. The van der Waals surface area contributed by atoms with Crippen molar-refractivity contribution in [1.29, 1.82) is 0 Å². The third-order valence-electron chi connectivity index (χ3n) is 5.34. The SMILES string of the molecule is O=C(O)C(C(=O)c1ccc2ccccc2c1)C1CC2C=CC1C2. The predicted molar refractivity (Wildman–Crippen MR) is 88.2 cm³/mol. The summed E-state index contributed by atoms with van der Waals surface area (Å²) in [5, 5.41) is 11.7. The van der Waals surface area contributed by atoms with E-state index >= 15 is 0 Å². The minimum atomic E-state index is -0.992. The number of rotatable bonds is 4. The summed E-state index contributed by atoms with van der Waals surface area (Å²) < 4.78 is 0. The Kier molecular flexibility index (Phi) is 3.29. The maximum absolute atomic E-state index is 12.9. The van der Waals surface area contributed by atoms with Crippen LogP contribution in [-0.2, 0) is 4.79 Å². The van der Waals surface area contributed by atoms with Gasteiger partial charge >= 0.3 is 5.97 Å². The average Bonchev–Trinajstić information content (AvgIpc) is 3.17. The molecular formula is C20H18O3. The molecule has 4 rings (SSSR count). The highest BCUT2D eigenvalue weighted by Gasteiger charge is 2.46. The normalized spacial score (nSPS) is 26.5. The summed E-state index contributed by atoms with van der Waals surface area (Å²) in [5.74, 6) is -1.55. The van der Waals surface area contributed by atoms with E-state index in [-0.39, 0.29) is 17.6 Å². The molecule has 4 atom stereocenters. The van der Waals surface area contributed by atoms with Gasteiger partial charge < -0.3 is 5.11 Å². The number of carbonyl (C=O) groups excluding carboxylic acids is 1. The molecule has 2 aromatic carbocycles. The lowest BCUT2D eigenvalue weighted by molar-refractivity contribution is -0.141. The van der Waals surface area contributed by atoms with E-state index in [1.54, 1.807) is 6.07 Å². The van der Waals surface area contributed by atoms with Crippen molar-refractivity contribution >= 4 is 22.5 Å². The molecule has 0 aliphatic heterocycles. The Labute approximate surface area is 134 Å². The second-order valence-electron chi connectivity index (χ2n) is 6.69. The van der Waals surface area contributed by atoms with Gasteiger partial charge in [0, 0.05) is 5.56 Å². The van der Waals surface area contributed by atoms with Gasteiger partial charge in [-0.3, -0.25) is 9.59 Å². The van der Waals surface area contributed by atoms with Gasteiger partial charge in [-0.2, -0.15) is 0 Å². The van der Waals surface area contributed by atoms with Crippen molar-refractivity contribution in [3.05, 3.63) is 60.2 Å². The largest absolute Gasteiger partial charge is 0.481 e. The minimum absolute atomic E-state index is 0.0681. The third kappa shape index (κ3) is 2.37. The Morgan fingerprint density at radius 2 is 1.78 bits per heavy atom. The van der Waals surface area contributed by atoms with E-state index in [0.29, 0.717) is 11.5 Å². The predicted octanol–water partition coefficient (Wildman–Crippen LogP) is 3.94. The monoisotopic (exact) mass is 306 g/mol. The molecule has 0 aromatic heterocycles. The lowest BCUT2D eigenvalue weighted by Gasteiger charge is -2.24. The summed E-state index contributed by atoms with van der Waals surface area (Å²) in [7, 11) is 0. The van der Waals surface area contributed by atoms with Gasteiger partial charge in [0.1, 0.15) is 5.92 Å². The molecule has 0 saturated heterocycles. The molecule has 1 saturated carbocycles. The summed E-state index contributed by atoms with van der Waals surface area (Å²) in [6, 6.07) is 13.3. The molecular weight excluding hydrogens is 288 g/mol. The number of hydrogen-bond donors (Lipinski definition) is 1. The number of Topliss-reactive ketones (excluding diaryl/α,β-unsaturated/α-hetero) is 1. The first-order valence-corrected chi connectivity index (χ1v) is 8.07. The number of carboxylic acids is 1. The molecule has 2 aliphatic rings. The van der Waals surface area contributed by atoms with Crippen molar-refractivity contribution in [2.24, 2.45) is 23.7 Å². The van der Waals surface area contributed by atoms with Crippen LogP contribution in [0, 0.1) is 23.7 Å². The summed E-state index contributed by atoms with van der Waals surface area (Å²) in [6.45, 7) is 0. The summed E-state index contributed by atoms with van der Waals surface area (Å²) in [5.41, 5.74) is 0.503. The highest BCUT2D eigenvalue weighted by molar-refractivity contribution is 6.10. The van der Waals surface area contributed by atoms with Gasteiger partial charge in [-0.15, -0.1) is 0 Å². The summed E-state index contributed by atoms with van der Waals surface area (Å²) >= 11 is 0. The maximum Gasteiger partial charge on any atom is 0.314 e. The number of fused-ring (bicyclic) bond motifs is 3. The third-order valence-corrected chi connectivity index (χ3v) is 5.34. The van der Waals surface area contributed by atoms with E-state index in [1.807, 2.05) is 36.4 Å². The van der Waals surface area contributed by atoms with Crippen molar-refractivity contribution in [3.63, 3.8) is 0 Å². The second-order valence-corrected chi connectivity index (χ2v) is 6.69. The van der Waals surface area contributed by atoms with Gasteiger partial charge in [0.15, 0.2) is 5.78 Å². The summed E-state index contributed by atoms with van der Waals surface area (Å²) in [6.07, 6.45) is 6.08. The van der Waals surface area contributed by atoms with Crippen molar-refractivity contribution in [2.75, 3.05) is 0 Å². The fourth-order valence-electron chi connectivity index (χ4n) is 4.22. The minimum Gasteiger partial charge on any atom is -0.481 e. The van der Waals surface area contributed by atoms with Crippen LogP contribution in [0.15, 0.2) is 54.6 Å². The highest BCUT2D eigenvalue weighted by Crippen LogP contribution is 2.47. The highest BCUT2D eigenvalue weighted by atomic mass is 16.4. The van der Waals surface area contributed by atoms with Crippen LogP contribution >= 0.6 is 0 Å². The number of carboxylic acid groups (broad SMARTS) is 1. The van der Waals surface area contributed by atoms with Crippen LogP contribution in [0.5, 0.6) is 0 Å². The second kappa shape index (κ2) is 5.34. The van der Waals surface area contributed by atoms with Gasteiger partial charge in [-0.25, -0.2) is 0 Å². The fraction of sp³-hybridized carbons (Fsp3) is 0.300. The Morgan fingerprint density at radius 1 is 1.00 bits per heavy atom. The topological polar surface area (TPSA) is 54.4 Å². The molecule has 0 amide bonds. The van der Waals surface area contributed by atoms with Crippen LogP contribution < -0.4 is 0 Å². The smallest absolute Gasteiger partial charge is 0.314 e. The molecule has 1 N–H and O–H groups in total. The molecule has 0 heterocycles. The first kappa shape index (κ1) is 14.2. The quantitative estimate of drug-likeness (QED) is 0.529. The number of hydrogen-bond acceptors (Lipinski definition) is 2. The van der Waals surface area contributed by atoms with Gasteiger partial charge in [0.05, 0.1) is 0 Å². The molecule has 116 valence electrons. The van der Waals surface area contributed by atoms with Gasteiger partial charge in [-0.1, -0.05) is 48.6 Å². The number of aliphatic carboxylic acids is 1. The molecule has 3 nitrogen and oxygen atoms in total. The average molecular weight is 306 g/mol. The molecule has 2 bridgehead atoms. The Hall–Kier alpha value is -2.42. The van der Waals surface area contributed by atoms with Crippen LogP contribution in [-0.4, -0.2) is 16.9 Å². The molecule has 1 fully saturated rings. The zero-order valence-electron chi connectivity index (χ0n) is 12.7. The standard InChI is InChI=1S/C20H18O3/c21-19(16-8-7-13-3-1-2-4-14(13)11-16)18(20(22)23)17-10-12-5-6-15(17)9-12/h1-8,11-12,15,17-18H,9-10H2,(H,22,23). The van der Waals surface area contributed by atoms with E-state index in [4.69, 9.17) is 0 Å². The number of benzene rings is 2. The van der Waals surface area contributed by atoms with E-state index < -0.39 is 11.9 Å². The fourth-order valence-corrected chi connectivity index (χ4v) is 4.22. The Balaban J connectivity index is 1.69. The lowest BCUT2D eigenvalue weighted by atomic mass is 9.78. The zero-order chi connectivity index (χ0) is 16.0. The van der Waals surface area contributed by atoms with E-state index in [2.05, 4.69) is 12.2 Å². The number of ketones is 1. The van der Waals surface area contributed by atoms with Gasteiger partial charge in [0.2, 0.25) is 0 Å². The Bertz CT molecular complexity index is 821. The zero-order valence-corrected chi connectivity index (χ0v) is 12.7. The summed E-state index contributed by atoms with van der Waals surface area (Å²) in [4.78, 5) is 24.7. The van der Waals surface area contributed by atoms with E-state index in [9.17, 15) is 14.7 Å². The van der Waals surface area contributed by atoms with Crippen LogP contribution in [0.2, 0.25) is 0 Å². The van der Waals surface area contributed by atoms with E-state index in [0.717, 1.165) is 23.6 Å².